The fraction of sp³-hybridized carbons (Fsp3) is 0.167. The fourth-order valence-corrected chi connectivity index (χ4v) is 3.20. The third-order valence-corrected chi connectivity index (χ3v) is 4.48. The molecule has 1 heterocycles. The van der Waals surface area contributed by atoms with Crippen LogP contribution in [0.5, 0.6) is 5.75 Å². The Morgan fingerprint density at radius 2 is 1.62 bits per heavy atom. The van der Waals surface area contributed by atoms with E-state index in [-0.39, 0.29) is 34.7 Å². The zero-order valence-electron chi connectivity index (χ0n) is 13.4. The van der Waals surface area contributed by atoms with Gasteiger partial charge >= 0.3 is 0 Å². The summed E-state index contributed by atoms with van der Waals surface area (Å²) in [4.78, 5) is 4.16. The van der Waals surface area contributed by atoms with Crippen molar-refractivity contribution >= 4 is 11.3 Å². The molecule has 0 aliphatic heterocycles. The molecule has 1 aromatic heterocycles. The van der Waals surface area contributed by atoms with Gasteiger partial charge in [-0.15, -0.1) is 11.3 Å². The molecule has 0 saturated carbocycles. The second kappa shape index (κ2) is 7.86. The van der Waals surface area contributed by atoms with Gasteiger partial charge in [0.05, 0.1) is 24.5 Å². The molecule has 0 spiro atoms. The molecule has 26 heavy (non-hydrogen) atoms. The lowest BCUT2D eigenvalue weighted by atomic mass is 10.1. The number of aliphatic hydroxyl groups is 2. The number of thiazole rings is 1. The highest BCUT2D eigenvalue weighted by molar-refractivity contribution is 7.09. The van der Waals surface area contributed by atoms with Crippen molar-refractivity contribution in [3.8, 4) is 17.0 Å². The van der Waals surface area contributed by atoms with Crippen LogP contribution in [0.2, 0.25) is 0 Å². The quantitative estimate of drug-likeness (QED) is 0.682. The van der Waals surface area contributed by atoms with E-state index in [9.17, 15) is 23.4 Å². The van der Waals surface area contributed by atoms with Crippen LogP contribution in [0.4, 0.5) is 13.2 Å². The van der Waals surface area contributed by atoms with Gasteiger partial charge in [-0.3, -0.25) is 0 Å². The Bertz CT molecular complexity index is 885. The Kier molecular flexibility index (Phi) is 5.55. The molecule has 4 nitrogen and oxygen atoms in total. The number of halogens is 3. The zero-order chi connectivity index (χ0) is 18.7. The maximum Gasteiger partial charge on any atom is 0.140 e. The number of ether oxygens (including phenoxy) is 1. The van der Waals surface area contributed by atoms with Gasteiger partial charge in [-0.25, -0.2) is 18.2 Å². The molecule has 0 saturated heterocycles. The number of hydrogen-bond acceptors (Lipinski definition) is 5. The van der Waals surface area contributed by atoms with Crippen LogP contribution in [-0.4, -0.2) is 15.2 Å². The van der Waals surface area contributed by atoms with Crippen molar-refractivity contribution in [3.05, 3.63) is 69.3 Å². The van der Waals surface area contributed by atoms with Gasteiger partial charge in [0.1, 0.15) is 34.8 Å². The van der Waals surface area contributed by atoms with E-state index in [0.29, 0.717) is 5.01 Å². The van der Waals surface area contributed by atoms with Crippen molar-refractivity contribution in [2.45, 2.75) is 19.8 Å². The third kappa shape index (κ3) is 3.72. The van der Waals surface area contributed by atoms with Crippen LogP contribution < -0.4 is 4.74 Å². The van der Waals surface area contributed by atoms with E-state index in [0.717, 1.165) is 35.6 Å². The molecule has 3 aromatic rings. The van der Waals surface area contributed by atoms with Crippen LogP contribution in [0.15, 0.2) is 35.7 Å². The van der Waals surface area contributed by atoms with E-state index in [1.165, 1.54) is 11.4 Å². The van der Waals surface area contributed by atoms with E-state index in [4.69, 9.17) is 4.74 Å². The van der Waals surface area contributed by atoms with Gasteiger partial charge < -0.3 is 14.9 Å². The monoisotopic (exact) mass is 381 g/mol. The molecule has 0 atom stereocenters. The van der Waals surface area contributed by atoms with Crippen LogP contribution in [0.25, 0.3) is 11.3 Å². The van der Waals surface area contributed by atoms with E-state index >= 15 is 0 Å². The van der Waals surface area contributed by atoms with E-state index in [1.807, 2.05) is 0 Å². The summed E-state index contributed by atoms with van der Waals surface area (Å²) in [5.74, 6) is -1.87. The van der Waals surface area contributed by atoms with Gasteiger partial charge in [0.15, 0.2) is 0 Å². The molecule has 136 valence electrons. The topological polar surface area (TPSA) is 62.6 Å². The lowest BCUT2D eigenvalue weighted by Gasteiger charge is -2.13. The van der Waals surface area contributed by atoms with E-state index < -0.39 is 30.7 Å². The number of benzene rings is 2. The number of aliphatic hydroxyl groups excluding tert-OH is 2. The van der Waals surface area contributed by atoms with E-state index in [1.54, 1.807) is 0 Å². The molecule has 0 amide bonds. The highest BCUT2D eigenvalue weighted by atomic mass is 32.1. The molecule has 0 bridgehead atoms. The second-order valence-electron chi connectivity index (χ2n) is 5.38. The highest BCUT2D eigenvalue weighted by Crippen LogP contribution is 2.30. The second-order valence-corrected chi connectivity index (χ2v) is 6.32. The molecular formula is C18H14F3NO3S. The van der Waals surface area contributed by atoms with Crippen molar-refractivity contribution in [2.24, 2.45) is 0 Å². The lowest BCUT2D eigenvalue weighted by molar-refractivity contribution is 0.241. The Labute approximate surface area is 151 Å². The van der Waals surface area contributed by atoms with Crippen LogP contribution in [0.1, 0.15) is 16.1 Å². The largest absolute Gasteiger partial charge is 0.486 e. The molecule has 0 radical (unpaired) electrons. The predicted octanol–water partition coefficient (Wildman–Crippen LogP) is 3.79. The van der Waals surface area contributed by atoms with Crippen LogP contribution in [0, 0.1) is 17.5 Å². The summed E-state index contributed by atoms with van der Waals surface area (Å²) in [5.41, 5.74) is 0.300. The summed E-state index contributed by atoms with van der Waals surface area (Å²) < 4.78 is 46.7. The molecular weight excluding hydrogens is 367 g/mol. The van der Waals surface area contributed by atoms with E-state index in [2.05, 4.69) is 4.98 Å². The predicted molar refractivity (Wildman–Crippen MR) is 90.0 cm³/mol. The summed E-state index contributed by atoms with van der Waals surface area (Å²) in [5, 5.41) is 20.6. The summed E-state index contributed by atoms with van der Waals surface area (Å²) >= 11 is 1.14. The summed E-state index contributed by atoms with van der Waals surface area (Å²) in [6.45, 7) is -1.00. The number of aromatic nitrogens is 1. The molecule has 3 rings (SSSR count). The first-order valence-corrected chi connectivity index (χ1v) is 8.46. The molecule has 8 heteroatoms. The molecule has 2 N–H and O–H groups in total. The standard InChI is InChI=1S/C18H14F3NO3S/c19-12-4-10(6-23)18(11(5-12)7-24)25-8-16-22-15(9-26-16)17-13(20)2-1-3-14(17)21/h1-5,9,23-24H,6-8H2. The van der Waals surface area contributed by atoms with Crippen LogP contribution in [0.3, 0.4) is 0 Å². The van der Waals surface area contributed by atoms with Crippen LogP contribution in [-0.2, 0) is 19.8 Å². The van der Waals surface area contributed by atoms with Gasteiger partial charge in [-0.05, 0) is 24.3 Å². The number of rotatable bonds is 6. The maximum absolute atomic E-state index is 13.8. The van der Waals surface area contributed by atoms with Gasteiger partial charge in [0, 0.05) is 16.5 Å². The molecule has 2 aromatic carbocycles. The van der Waals surface area contributed by atoms with Crippen molar-refractivity contribution in [3.63, 3.8) is 0 Å². The number of hydrogen-bond donors (Lipinski definition) is 2. The summed E-state index contributed by atoms with van der Waals surface area (Å²) in [6, 6.07) is 5.78. The SMILES string of the molecule is OCc1cc(F)cc(CO)c1OCc1nc(-c2c(F)cccc2F)cs1. The van der Waals surface area contributed by atoms with Crippen molar-refractivity contribution in [1.29, 1.82) is 0 Å². The van der Waals surface area contributed by atoms with Crippen molar-refractivity contribution in [2.75, 3.05) is 0 Å². The van der Waals surface area contributed by atoms with Crippen LogP contribution >= 0.6 is 11.3 Å². The zero-order valence-corrected chi connectivity index (χ0v) is 14.2. The van der Waals surface area contributed by atoms with Gasteiger partial charge in [-0.2, -0.15) is 0 Å². The molecule has 0 aliphatic carbocycles. The minimum Gasteiger partial charge on any atom is -0.486 e. The molecule has 0 aliphatic rings. The van der Waals surface area contributed by atoms with Crippen molar-refractivity contribution in [1.82, 2.24) is 4.98 Å². The van der Waals surface area contributed by atoms with Gasteiger partial charge in [-0.1, -0.05) is 6.07 Å². The minimum absolute atomic E-state index is 0.0631. The normalized spacial score (nSPS) is 11.0. The first-order valence-electron chi connectivity index (χ1n) is 7.58. The lowest BCUT2D eigenvalue weighted by Crippen LogP contribution is -2.03. The first-order chi connectivity index (χ1) is 12.5. The fourth-order valence-electron chi connectivity index (χ4n) is 2.50. The smallest absolute Gasteiger partial charge is 0.140 e. The molecule has 0 unspecified atom stereocenters. The van der Waals surface area contributed by atoms with Gasteiger partial charge in [0.25, 0.3) is 0 Å². The molecule has 0 fully saturated rings. The number of nitrogens with zero attached hydrogens (tertiary/aromatic N) is 1. The summed E-state index contributed by atoms with van der Waals surface area (Å²) in [6.07, 6.45) is 0. The van der Waals surface area contributed by atoms with Gasteiger partial charge in [0.2, 0.25) is 0 Å². The summed E-state index contributed by atoms with van der Waals surface area (Å²) in [7, 11) is 0. The minimum atomic E-state index is -0.716. The highest BCUT2D eigenvalue weighted by Gasteiger charge is 2.16. The average molecular weight is 381 g/mol. The average Bonchev–Trinajstić information content (AvgIpc) is 3.08. The Morgan fingerprint density at radius 3 is 2.19 bits per heavy atom. The Hall–Kier alpha value is -2.42. The third-order valence-electron chi connectivity index (χ3n) is 3.66. The first kappa shape index (κ1) is 18.4. The Balaban J connectivity index is 1.83. The maximum atomic E-state index is 13.8. The Morgan fingerprint density at radius 1 is 1.00 bits per heavy atom. The van der Waals surface area contributed by atoms with Crippen molar-refractivity contribution < 1.29 is 28.1 Å².